The van der Waals surface area contributed by atoms with E-state index >= 15 is 0 Å². The van der Waals surface area contributed by atoms with Gasteiger partial charge in [0.25, 0.3) is 0 Å². The van der Waals surface area contributed by atoms with Crippen LogP contribution < -0.4 is 5.32 Å². The van der Waals surface area contributed by atoms with Gasteiger partial charge < -0.3 is 10.4 Å². The van der Waals surface area contributed by atoms with E-state index in [-0.39, 0.29) is 36.8 Å². The van der Waals surface area contributed by atoms with Crippen molar-refractivity contribution in [1.29, 1.82) is 0 Å². The SMILES string of the molecule is CC(NC(=O)CN1CCC(C(=O)O)C1)c1cccc2ccccc12.Cl. The van der Waals surface area contributed by atoms with E-state index in [1.165, 1.54) is 0 Å². The highest BCUT2D eigenvalue weighted by atomic mass is 35.5. The van der Waals surface area contributed by atoms with Gasteiger partial charge in [0.05, 0.1) is 18.5 Å². The lowest BCUT2D eigenvalue weighted by atomic mass is 10.00. The second-order valence-electron chi connectivity index (χ2n) is 6.42. The Morgan fingerprint density at radius 2 is 1.96 bits per heavy atom. The van der Waals surface area contributed by atoms with Gasteiger partial charge in [0, 0.05) is 6.54 Å². The van der Waals surface area contributed by atoms with Crippen LogP contribution in [0.4, 0.5) is 0 Å². The highest BCUT2D eigenvalue weighted by Crippen LogP contribution is 2.24. The Bertz CT molecular complexity index is 760. The van der Waals surface area contributed by atoms with E-state index in [0.717, 1.165) is 16.3 Å². The molecule has 134 valence electrons. The Morgan fingerprint density at radius 1 is 1.24 bits per heavy atom. The van der Waals surface area contributed by atoms with Gasteiger partial charge in [0.2, 0.25) is 5.91 Å². The fourth-order valence-corrected chi connectivity index (χ4v) is 3.37. The van der Waals surface area contributed by atoms with Crippen molar-refractivity contribution >= 4 is 35.1 Å². The predicted molar refractivity (Wildman–Crippen MR) is 99.9 cm³/mol. The smallest absolute Gasteiger partial charge is 0.307 e. The van der Waals surface area contributed by atoms with Crippen LogP contribution in [0, 0.1) is 5.92 Å². The van der Waals surface area contributed by atoms with Crippen LogP contribution in [-0.4, -0.2) is 41.5 Å². The summed E-state index contributed by atoms with van der Waals surface area (Å²) in [6.45, 7) is 3.33. The molecule has 1 amide bonds. The van der Waals surface area contributed by atoms with Crippen molar-refractivity contribution in [3.05, 3.63) is 48.0 Å². The number of nitrogens with zero attached hydrogens (tertiary/aromatic N) is 1. The number of rotatable bonds is 5. The lowest BCUT2D eigenvalue weighted by Gasteiger charge is -2.19. The monoisotopic (exact) mass is 362 g/mol. The van der Waals surface area contributed by atoms with Crippen molar-refractivity contribution in [2.45, 2.75) is 19.4 Å². The summed E-state index contributed by atoms with van der Waals surface area (Å²) >= 11 is 0. The lowest BCUT2D eigenvalue weighted by molar-refractivity contribution is -0.141. The summed E-state index contributed by atoms with van der Waals surface area (Å²) in [5.41, 5.74) is 1.09. The minimum absolute atomic E-state index is 0. The Kier molecular flexibility index (Phi) is 6.39. The zero-order valence-corrected chi connectivity index (χ0v) is 15.0. The zero-order chi connectivity index (χ0) is 17.1. The van der Waals surface area contributed by atoms with Gasteiger partial charge in [-0.3, -0.25) is 14.5 Å². The van der Waals surface area contributed by atoms with Crippen LogP contribution >= 0.6 is 12.4 Å². The van der Waals surface area contributed by atoms with E-state index in [1.807, 2.05) is 36.1 Å². The van der Waals surface area contributed by atoms with Crippen LogP contribution in [-0.2, 0) is 9.59 Å². The molecule has 2 N–H and O–H groups in total. The van der Waals surface area contributed by atoms with Crippen molar-refractivity contribution in [3.63, 3.8) is 0 Å². The molecule has 0 saturated carbocycles. The Morgan fingerprint density at radius 3 is 2.68 bits per heavy atom. The molecule has 1 aliphatic rings. The van der Waals surface area contributed by atoms with Gasteiger partial charge in [-0.2, -0.15) is 0 Å². The standard InChI is InChI=1S/C19H22N2O3.ClH/c1-13(16-8-4-6-14-5-2-3-7-17(14)16)20-18(22)12-21-10-9-15(11-21)19(23)24;/h2-8,13,15H,9-12H2,1H3,(H,20,22)(H,23,24);1H. The fourth-order valence-electron chi connectivity index (χ4n) is 3.37. The normalized spacial score (nSPS) is 18.5. The highest BCUT2D eigenvalue weighted by Gasteiger charge is 2.29. The molecule has 0 spiro atoms. The van der Waals surface area contributed by atoms with E-state index in [9.17, 15) is 9.59 Å². The number of carboxylic acids is 1. The summed E-state index contributed by atoms with van der Waals surface area (Å²) in [6, 6.07) is 14.1. The first-order valence-corrected chi connectivity index (χ1v) is 8.27. The second-order valence-corrected chi connectivity index (χ2v) is 6.42. The third-order valence-corrected chi connectivity index (χ3v) is 4.66. The van der Waals surface area contributed by atoms with E-state index < -0.39 is 5.97 Å². The first-order valence-electron chi connectivity index (χ1n) is 8.27. The van der Waals surface area contributed by atoms with Crippen molar-refractivity contribution in [2.24, 2.45) is 5.92 Å². The summed E-state index contributed by atoms with van der Waals surface area (Å²) < 4.78 is 0. The van der Waals surface area contributed by atoms with E-state index in [1.54, 1.807) is 0 Å². The Hall–Kier alpha value is -2.11. The third-order valence-electron chi connectivity index (χ3n) is 4.66. The molecule has 2 atom stereocenters. The van der Waals surface area contributed by atoms with Gasteiger partial charge in [0.15, 0.2) is 0 Å². The molecule has 2 unspecified atom stereocenters. The summed E-state index contributed by atoms with van der Waals surface area (Å²) in [6.07, 6.45) is 0.613. The number of hydrogen-bond donors (Lipinski definition) is 2. The molecule has 3 rings (SSSR count). The molecule has 1 saturated heterocycles. The molecule has 2 aromatic rings. The average Bonchev–Trinajstić information content (AvgIpc) is 3.02. The minimum atomic E-state index is -0.776. The molecule has 1 aliphatic heterocycles. The lowest BCUT2D eigenvalue weighted by Crippen LogP contribution is -2.37. The van der Waals surface area contributed by atoms with Gasteiger partial charge >= 0.3 is 5.97 Å². The van der Waals surface area contributed by atoms with Crippen LogP contribution in [0.2, 0.25) is 0 Å². The zero-order valence-electron chi connectivity index (χ0n) is 14.1. The number of hydrogen-bond acceptors (Lipinski definition) is 3. The molecular formula is C19H23ClN2O3. The van der Waals surface area contributed by atoms with Gasteiger partial charge in [-0.15, -0.1) is 12.4 Å². The number of nitrogens with one attached hydrogen (secondary N) is 1. The number of halogens is 1. The highest BCUT2D eigenvalue weighted by molar-refractivity contribution is 5.87. The van der Waals surface area contributed by atoms with E-state index in [2.05, 4.69) is 23.5 Å². The molecule has 5 nitrogen and oxygen atoms in total. The molecule has 0 bridgehead atoms. The van der Waals surface area contributed by atoms with Crippen LogP contribution in [0.3, 0.4) is 0 Å². The largest absolute Gasteiger partial charge is 0.481 e. The van der Waals surface area contributed by atoms with Crippen LogP contribution in [0.15, 0.2) is 42.5 Å². The van der Waals surface area contributed by atoms with E-state index in [4.69, 9.17) is 5.11 Å². The molecule has 1 fully saturated rings. The molecule has 0 radical (unpaired) electrons. The molecule has 0 aromatic heterocycles. The van der Waals surface area contributed by atoms with Crippen LogP contribution in [0.5, 0.6) is 0 Å². The number of amides is 1. The maximum Gasteiger partial charge on any atom is 0.307 e. The molecule has 1 heterocycles. The van der Waals surface area contributed by atoms with Crippen molar-refractivity contribution in [1.82, 2.24) is 10.2 Å². The van der Waals surface area contributed by atoms with Crippen LogP contribution in [0.25, 0.3) is 10.8 Å². The number of benzene rings is 2. The Labute approximate surface area is 153 Å². The summed E-state index contributed by atoms with van der Waals surface area (Å²) in [5, 5.41) is 14.4. The van der Waals surface area contributed by atoms with Gasteiger partial charge in [0.1, 0.15) is 0 Å². The molecule has 6 heteroatoms. The molecule has 25 heavy (non-hydrogen) atoms. The fraction of sp³-hybridized carbons (Fsp3) is 0.368. The average molecular weight is 363 g/mol. The maximum atomic E-state index is 12.3. The van der Waals surface area contributed by atoms with Gasteiger partial charge in [-0.25, -0.2) is 0 Å². The van der Waals surface area contributed by atoms with E-state index in [0.29, 0.717) is 19.5 Å². The quantitative estimate of drug-likeness (QED) is 0.858. The van der Waals surface area contributed by atoms with Crippen molar-refractivity contribution in [3.8, 4) is 0 Å². The number of aliphatic carboxylic acids is 1. The van der Waals surface area contributed by atoms with Crippen LogP contribution in [0.1, 0.15) is 24.9 Å². The number of likely N-dealkylation sites (tertiary alicyclic amines) is 1. The third kappa shape index (κ3) is 4.50. The number of carboxylic acid groups (broad SMARTS) is 1. The predicted octanol–water partition coefficient (Wildman–Crippen LogP) is 2.85. The molecule has 2 aromatic carbocycles. The molecule has 0 aliphatic carbocycles. The second kappa shape index (κ2) is 8.32. The molecular weight excluding hydrogens is 340 g/mol. The van der Waals surface area contributed by atoms with Gasteiger partial charge in [-0.05, 0) is 36.2 Å². The van der Waals surface area contributed by atoms with Crippen molar-refractivity contribution in [2.75, 3.05) is 19.6 Å². The number of carbonyl (C=O) groups excluding carboxylic acids is 1. The number of carbonyl (C=O) groups is 2. The summed E-state index contributed by atoms with van der Waals surface area (Å²) in [7, 11) is 0. The first-order chi connectivity index (χ1) is 11.5. The van der Waals surface area contributed by atoms with Crippen molar-refractivity contribution < 1.29 is 14.7 Å². The number of fused-ring (bicyclic) bond motifs is 1. The summed E-state index contributed by atoms with van der Waals surface area (Å²) in [4.78, 5) is 25.2. The first kappa shape index (κ1) is 19.2. The topological polar surface area (TPSA) is 69.6 Å². The minimum Gasteiger partial charge on any atom is -0.481 e. The maximum absolute atomic E-state index is 12.3. The Balaban J connectivity index is 0.00000225. The summed E-state index contributed by atoms with van der Waals surface area (Å²) in [5.74, 6) is -1.20. The van der Waals surface area contributed by atoms with Gasteiger partial charge in [-0.1, -0.05) is 42.5 Å².